The minimum absolute atomic E-state index is 0.555. The van der Waals surface area contributed by atoms with Gasteiger partial charge in [-0.25, -0.2) is 4.98 Å². The highest BCUT2D eigenvalue weighted by molar-refractivity contribution is 7.15. The maximum absolute atomic E-state index is 5.72. The summed E-state index contributed by atoms with van der Waals surface area (Å²) < 4.78 is 5.14. The lowest BCUT2D eigenvalue weighted by atomic mass is 10.2. The van der Waals surface area contributed by atoms with Crippen molar-refractivity contribution >= 4 is 16.5 Å². The first-order valence-electron chi connectivity index (χ1n) is 5.67. The van der Waals surface area contributed by atoms with Crippen molar-refractivity contribution in [2.75, 3.05) is 25.1 Å². The van der Waals surface area contributed by atoms with E-state index in [1.165, 1.54) is 6.42 Å². The molecule has 0 aromatic carbocycles. The zero-order chi connectivity index (χ0) is 11.5. The molecule has 4 nitrogen and oxygen atoms in total. The molecule has 1 aromatic rings. The summed E-state index contributed by atoms with van der Waals surface area (Å²) in [6.45, 7) is 5.63. The average Bonchev–Trinajstić information content (AvgIpc) is 2.85. The zero-order valence-corrected chi connectivity index (χ0v) is 10.7. The van der Waals surface area contributed by atoms with Crippen LogP contribution >= 0.6 is 11.3 Å². The Morgan fingerprint density at radius 1 is 1.62 bits per heavy atom. The summed E-state index contributed by atoms with van der Waals surface area (Å²) in [6, 6.07) is 0. The monoisotopic (exact) mass is 241 g/mol. The number of nitrogens with zero attached hydrogens (tertiary/aromatic N) is 2. The molecular weight excluding hydrogens is 222 g/mol. The van der Waals surface area contributed by atoms with Crippen LogP contribution in [0.3, 0.4) is 0 Å². The standard InChI is InChI=1S/C11H19N3OS/c1-8-3-4-14(6-8)11-13-9(7-15-2)10(5-12)16-11/h8H,3-7,12H2,1-2H3. The number of thiazole rings is 1. The molecule has 0 amide bonds. The van der Waals surface area contributed by atoms with Crippen molar-refractivity contribution < 1.29 is 4.74 Å². The van der Waals surface area contributed by atoms with Crippen LogP contribution in [0.15, 0.2) is 0 Å². The van der Waals surface area contributed by atoms with Crippen molar-refractivity contribution in [2.45, 2.75) is 26.5 Å². The van der Waals surface area contributed by atoms with Crippen LogP contribution in [-0.2, 0) is 17.9 Å². The molecule has 1 aromatic heterocycles. The molecule has 2 heterocycles. The molecule has 2 rings (SSSR count). The van der Waals surface area contributed by atoms with Crippen molar-refractivity contribution in [2.24, 2.45) is 11.7 Å². The van der Waals surface area contributed by atoms with Gasteiger partial charge in [0.2, 0.25) is 0 Å². The van der Waals surface area contributed by atoms with Gasteiger partial charge in [0.05, 0.1) is 12.3 Å². The van der Waals surface area contributed by atoms with Gasteiger partial charge in [-0.05, 0) is 12.3 Å². The number of anilines is 1. The van der Waals surface area contributed by atoms with E-state index in [0.717, 1.165) is 34.7 Å². The molecule has 90 valence electrons. The molecular formula is C11H19N3OS. The summed E-state index contributed by atoms with van der Waals surface area (Å²) >= 11 is 1.71. The predicted octanol–water partition coefficient (Wildman–Crippen LogP) is 1.59. The normalized spacial score (nSPS) is 20.7. The van der Waals surface area contributed by atoms with Crippen molar-refractivity contribution in [3.05, 3.63) is 10.6 Å². The number of nitrogens with two attached hydrogens (primary N) is 1. The van der Waals surface area contributed by atoms with E-state index in [2.05, 4.69) is 16.8 Å². The Morgan fingerprint density at radius 2 is 2.44 bits per heavy atom. The second-order valence-electron chi connectivity index (χ2n) is 4.34. The third-order valence-electron chi connectivity index (χ3n) is 2.93. The molecule has 0 radical (unpaired) electrons. The summed E-state index contributed by atoms with van der Waals surface area (Å²) in [5.41, 5.74) is 6.72. The highest BCUT2D eigenvalue weighted by Crippen LogP contribution is 2.30. The molecule has 1 aliphatic heterocycles. The van der Waals surface area contributed by atoms with Crippen LogP contribution in [0.4, 0.5) is 5.13 Å². The van der Waals surface area contributed by atoms with E-state index in [0.29, 0.717) is 13.2 Å². The van der Waals surface area contributed by atoms with E-state index in [1.54, 1.807) is 18.4 Å². The fourth-order valence-electron chi connectivity index (χ4n) is 2.02. The molecule has 1 atom stereocenters. The van der Waals surface area contributed by atoms with Gasteiger partial charge in [0, 0.05) is 31.6 Å². The number of ether oxygens (including phenoxy) is 1. The first kappa shape index (κ1) is 11.8. The predicted molar refractivity (Wildman–Crippen MR) is 66.7 cm³/mol. The maximum Gasteiger partial charge on any atom is 0.185 e. The highest BCUT2D eigenvalue weighted by Gasteiger charge is 2.22. The van der Waals surface area contributed by atoms with Crippen LogP contribution in [0.25, 0.3) is 0 Å². The van der Waals surface area contributed by atoms with Crippen LogP contribution < -0.4 is 10.6 Å². The number of aromatic nitrogens is 1. The minimum Gasteiger partial charge on any atom is -0.378 e. The quantitative estimate of drug-likeness (QED) is 0.870. The number of rotatable bonds is 4. The Labute approximate surface area is 100 Å². The van der Waals surface area contributed by atoms with Gasteiger partial charge in [-0.15, -0.1) is 11.3 Å². The summed E-state index contributed by atoms with van der Waals surface area (Å²) in [7, 11) is 1.69. The number of methoxy groups -OCH3 is 1. The van der Waals surface area contributed by atoms with Crippen LogP contribution in [-0.4, -0.2) is 25.2 Å². The van der Waals surface area contributed by atoms with Gasteiger partial charge >= 0.3 is 0 Å². The molecule has 1 fully saturated rings. The van der Waals surface area contributed by atoms with Crippen LogP contribution in [0, 0.1) is 5.92 Å². The highest BCUT2D eigenvalue weighted by atomic mass is 32.1. The fraction of sp³-hybridized carbons (Fsp3) is 0.727. The van der Waals surface area contributed by atoms with E-state index in [4.69, 9.17) is 10.5 Å². The topological polar surface area (TPSA) is 51.4 Å². The molecule has 16 heavy (non-hydrogen) atoms. The fourth-order valence-corrected chi connectivity index (χ4v) is 3.00. The third kappa shape index (κ3) is 2.36. The lowest BCUT2D eigenvalue weighted by Gasteiger charge is -2.13. The Balaban J connectivity index is 2.15. The second-order valence-corrected chi connectivity index (χ2v) is 5.41. The summed E-state index contributed by atoms with van der Waals surface area (Å²) in [5.74, 6) is 0.774. The number of hydrogen-bond donors (Lipinski definition) is 1. The molecule has 1 saturated heterocycles. The van der Waals surface area contributed by atoms with Crippen molar-refractivity contribution in [3.8, 4) is 0 Å². The second kappa shape index (κ2) is 5.12. The van der Waals surface area contributed by atoms with Gasteiger partial charge in [0.25, 0.3) is 0 Å². The summed E-state index contributed by atoms with van der Waals surface area (Å²) in [5, 5.41) is 1.11. The third-order valence-corrected chi connectivity index (χ3v) is 4.11. The van der Waals surface area contributed by atoms with Crippen LogP contribution in [0.2, 0.25) is 0 Å². The first-order valence-corrected chi connectivity index (χ1v) is 6.48. The average molecular weight is 241 g/mol. The molecule has 0 saturated carbocycles. The van der Waals surface area contributed by atoms with Gasteiger partial charge in [0.15, 0.2) is 5.13 Å². The lowest BCUT2D eigenvalue weighted by molar-refractivity contribution is 0.181. The SMILES string of the molecule is COCc1nc(N2CCC(C)C2)sc1CN. The van der Waals surface area contributed by atoms with Gasteiger partial charge in [0.1, 0.15) is 0 Å². The van der Waals surface area contributed by atoms with Gasteiger partial charge in [-0.2, -0.15) is 0 Å². The Hall–Kier alpha value is -0.650. The molecule has 1 aliphatic rings. The molecule has 2 N–H and O–H groups in total. The van der Waals surface area contributed by atoms with E-state index >= 15 is 0 Å². The van der Waals surface area contributed by atoms with Crippen molar-refractivity contribution in [1.29, 1.82) is 0 Å². The Kier molecular flexibility index (Phi) is 3.78. The molecule has 1 unspecified atom stereocenters. The Bertz CT molecular complexity index is 353. The molecule has 0 spiro atoms. The van der Waals surface area contributed by atoms with E-state index < -0.39 is 0 Å². The molecule has 0 bridgehead atoms. The van der Waals surface area contributed by atoms with Gasteiger partial charge < -0.3 is 15.4 Å². The Morgan fingerprint density at radius 3 is 3.00 bits per heavy atom. The minimum atomic E-state index is 0.555. The van der Waals surface area contributed by atoms with Crippen molar-refractivity contribution in [1.82, 2.24) is 4.98 Å². The molecule has 0 aliphatic carbocycles. The van der Waals surface area contributed by atoms with Crippen LogP contribution in [0.5, 0.6) is 0 Å². The van der Waals surface area contributed by atoms with E-state index in [9.17, 15) is 0 Å². The van der Waals surface area contributed by atoms with Gasteiger partial charge in [-0.3, -0.25) is 0 Å². The van der Waals surface area contributed by atoms with Crippen molar-refractivity contribution in [3.63, 3.8) is 0 Å². The summed E-state index contributed by atoms with van der Waals surface area (Å²) in [6.07, 6.45) is 1.26. The van der Waals surface area contributed by atoms with Crippen LogP contribution in [0.1, 0.15) is 23.9 Å². The zero-order valence-electron chi connectivity index (χ0n) is 9.90. The largest absolute Gasteiger partial charge is 0.378 e. The smallest absolute Gasteiger partial charge is 0.185 e. The van der Waals surface area contributed by atoms with E-state index in [1.807, 2.05) is 0 Å². The number of hydrogen-bond acceptors (Lipinski definition) is 5. The maximum atomic E-state index is 5.72. The first-order chi connectivity index (χ1) is 7.74. The summed E-state index contributed by atoms with van der Waals surface area (Å²) in [4.78, 5) is 8.13. The lowest BCUT2D eigenvalue weighted by Crippen LogP contribution is -2.18. The molecule has 5 heteroatoms. The van der Waals surface area contributed by atoms with E-state index in [-0.39, 0.29) is 0 Å². The van der Waals surface area contributed by atoms with Gasteiger partial charge in [-0.1, -0.05) is 6.92 Å².